The van der Waals surface area contributed by atoms with E-state index < -0.39 is 0 Å². The monoisotopic (exact) mass is 209 g/mol. The summed E-state index contributed by atoms with van der Waals surface area (Å²) in [7, 11) is 0. The molecule has 0 saturated heterocycles. The van der Waals surface area contributed by atoms with Crippen molar-refractivity contribution in [3.8, 4) is 0 Å². The molecule has 0 spiro atoms. The maximum atomic E-state index is 3.81. The second-order valence-corrected chi connectivity index (χ2v) is 5.55. The molecule has 0 heterocycles. The Kier molecular flexibility index (Phi) is 4.49. The molecule has 2 aliphatic carbocycles. The van der Waals surface area contributed by atoms with Crippen molar-refractivity contribution in [1.82, 2.24) is 5.32 Å². The van der Waals surface area contributed by atoms with Gasteiger partial charge in [-0.3, -0.25) is 0 Å². The Labute approximate surface area is 95.0 Å². The van der Waals surface area contributed by atoms with Gasteiger partial charge in [-0.15, -0.1) is 0 Å². The number of nitrogens with one attached hydrogen (secondary N) is 1. The van der Waals surface area contributed by atoms with E-state index in [1.165, 1.54) is 64.3 Å². The Balaban J connectivity index is 1.87. The van der Waals surface area contributed by atoms with Gasteiger partial charge in [-0.25, -0.2) is 0 Å². The molecule has 2 atom stereocenters. The predicted molar refractivity (Wildman–Crippen MR) is 66.0 cm³/mol. The molecule has 2 unspecified atom stereocenters. The summed E-state index contributed by atoms with van der Waals surface area (Å²) in [6, 6.07) is 0.859. The fraction of sp³-hybridized carbons (Fsp3) is 1.00. The van der Waals surface area contributed by atoms with Crippen molar-refractivity contribution in [1.29, 1.82) is 0 Å². The molecule has 2 saturated carbocycles. The Morgan fingerprint density at radius 1 is 0.933 bits per heavy atom. The summed E-state index contributed by atoms with van der Waals surface area (Å²) in [4.78, 5) is 0. The lowest BCUT2D eigenvalue weighted by atomic mass is 9.71. The summed E-state index contributed by atoms with van der Waals surface area (Å²) < 4.78 is 0. The van der Waals surface area contributed by atoms with Crippen LogP contribution in [0.15, 0.2) is 0 Å². The van der Waals surface area contributed by atoms with Crippen LogP contribution in [0.25, 0.3) is 0 Å². The zero-order chi connectivity index (χ0) is 10.5. The molecule has 0 aromatic heterocycles. The van der Waals surface area contributed by atoms with Gasteiger partial charge in [0.2, 0.25) is 0 Å². The standard InChI is InChI=1S/C14H27N/c1-2-11-15-14-10-5-3-4-9-13(14)12-7-6-8-12/h12-15H,2-11H2,1H3. The Morgan fingerprint density at radius 2 is 1.73 bits per heavy atom. The second kappa shape index (κ2) is 5.89. The molecule has 1 heteroatoms. The first-order chi connectivity index (χ1) is 7.42. The van der Waals surface area contributed by atoms with Crippen LogP contribution in [0.2, 0.25) is 0 Å². The average molecular weight is 209 g/mol. The van der Waals surface area contributed by atoms with Crippen LogP contribution in [0.5, 0.6) is 0 Å². The van der Waals surface area contributed by atoms with Gasteiger partial charge >= 0.3 is 0 Å². The fourth-order valence-corrected chi connectivity index (χ4v) is 3.35. The molecule has 2 rings (SSSR count). The zero-order valence-corrected chi connectivity index (χ0v) is 10.3. The third-order valence-electron chi connectivity index (χ3n) is 4.48. The Morgan fingerprint density at radius 3 is 2.40 bits per heavy atom. The normalized spacial score (nSPS) is 33.4. The van der Waals surface area contributed by atoms with Crippen LogP contribution in [-0.2, 0) is 0 Å². The van der Waals surface area contributed by atoms with E-state index in [2.05, 4.69) is 12.2 Å². The number of hydrogen-bond acceptors (Lipinski definition) is 1. The molecular weight excluding hydrogens is 182 g/mol. The van der Waals surface area contributed by atoms with E-state index in [1.54, 1.807) is 0 Å². The molecule has 0 aromatic carbocycles. The Hall–Kier alpha value is -0.0400. The van der Waals surface area contributed by atoms with Crippen molar-refractivity contribution >= 4 is 0 Å². The van der Waals surface area contributed by atoms with Crippen LogP contribution in [0.1, 0.15) is 64.7 Å². The fourth-order valence-electron chi connectivity index (χ4n) is 3.35. The Bertz CT molecular complexity index is 174. The minimum atomic E-state index is 0.859. The predicted octanol–water partition coefficient (Wildman–Crippen LogP) is 3.74. The maximum Gasteiger partial charge on any atom is 0.00979 e. The van der Waals surface area contributed by atoms with Gasteiger partial charge in [-0.1, -0.05) is 45.4 Å². The summed E-state index contributed by atoms with van der Waals surface area (Å²) in [6.45, 7) is 3.51. The molecule has 1 N–H and O–H groups in total. The molecule has 0 amide bonds. The largest absolute Gasteiger partial charge is 0.314 e. The van der Waals surface area contributed by atoms with Gasteiger partial charge in [0.1, 0.15) is 0 Å². The average Bonchev–Trinajstić information content (AvgIpc) is 2.38. The van der Waals surface area contributed by atoms with Crippen molar-refractivity contribution in [2.24, 2.45) is 11.8 Å². The molecule has 2 aliphatic rings. The molecular formula is C14H27N. The van der Waals surface area contributed by atoms with Crippen LogP contribution in [0.3, 0.4) is 0 Å². The lowest BCUT2D eigenvalue weighted by Crippen LogP contribution is -2.41. The summed E-state index contributed by atoms with van der Waals surface area (Å²) in [5.41, 5.74) is 0. The summed E-state index contributed by atoms with van der Waals surface area (Å²) in [5.74, 6) is 2.10. The van der Waals surface area contributed by atoms with Gasteiger partial charge in [0.05, 0.1) is 0 Å². The van der Waals surface area contributed by atoms with Crippen molar-refractivity contribution in [3.05, 3.63) is 0 Å². The van der Waals surface area contributed by atoms with Crippen LogP contribution < -0.4 is 5.32 Å². The van der Waals surface area contributed by atoms with Crippen LogP contribution in [0.4, 0.5) is 0 Å². The highest BCUT2D eigenvalue weighted by Crippen LogP contribution is 2.40. The smallest absolute Gasteiger partial charge is 0.00979 e. The third-order valence-corrected chi connectivity index (χ3v) is 4.48. The van der Waals surface area contributed by atoms with Crippen LogP contribution in [0, 0.1) is 11.8 Å². The summed E-state index contributed by atoms with van der Waals surface area (Å²) in [5, 5.41) is 3.81. The molecule has 0 aromatic rings. The first-order valence-corrected chi connectivity index (χ1v) is 7.15. The van der Waals surface area contributed by atoms with Crippen molar-refractivity contribution < 1.29 is 0 Å². The van der Waals surface area contributed by atoms with Crippen molar-refractivity contribution in [3.63, 3.8) is 0 Å². The summed E-state index contributed by atoms with van der Waals surface area (Å²) >= 11 is 0. The lowest BCUT2D eigenvalue weighted by molar-refractivity contribution is 0.152. The van der Waals surface area contributed by atoms with E-state index in [1.807, 2.05) is 0 Å². The van der Waals surface area contributed by atoms with Gasteiger partial charge in [0, 0.05) is 6.04 Å². The van der Waals surface area contributed by atoms with Crippen molar-refractivity contribution in [2.75, 3.05) is 6.54 Å². The highest BCUT2D eigenvalue weighted by molar-refractivity contribution is 4.87. The molecule has 0 radical (unpaired) electrons. The quantitative estimate of drug-likeness (QED) is 0.696. The zero-order valence-electron chi connectivity index (χ0n) is 10.3. The second-order valence-electron chi connectivity index (χ2n) is 5.55. The van der Waals surface area contributed by atoms with Crippen molar-refractivity contribution in [2.45, 2.75) is 70.8 Å². The van der Waals surface area contributed by atoms with Gasteiger partial charge in [-0.2, -0.15) is 0 Å². The maximum absolute atomic E-state index is 3.81. The number of rotatable bonds is 4. The first kappa shape index (κ1) is 11.4. The summed E-state index contributed by atoms with van der Waals surface area (Å²) in [6.07, 6.45) is 13.2. The lowest BCUT2D eigenvalue weighted by Gasteiger charge is -2.38. The minimum absolute atomic E-state index is 0.859. The van der Waals surface area contributed by atoms with E-state index in [0.717, 1.165) is 17.9 Å². The van der Waals surface area contributed by atoms with Crippen LogP contribution >= 0.6 is 0 Å². The SMILES string of the molecule is CCCNC1CCCCCC1C1CCC1. The van der Waals surface area contributed by atoms with Gasteiger partial charge in [0.25, 0.3) is 0 Å². The van der Waals surface area contributed by atoms with E-state index in [0.29, 0.717) is 0 Å². The highest BCUT2D eigenvalue weighted by atomic mass is 14.9. The third kappa shape index (κ3) is 2.96. The van der Waals surface area contributed by atoms with E-state index in [9.17, 15) is 0 Å². The highest BCUT2D eigenvalue weighted by Gasteiger charge is 2.33. The minimum Gasteiger partial charge on any atom is -0.314 e. The molecule has 2 fully saturated rings. The number of hydrogen-bond donors (Lipinski definition) is 1. The van der Waals surface area contributed by atoms with E-state index in [4.69, 9.17) is 0 Å². The van der Waals surface area contributed by atoms with Crippen LogP contribution in [-0.4, -0.2) is 12.6 Å². The van der Waals surface area contributed by atoms with E-state index >= 15 is 0 Å². The molecule has 88 valence electrons. The van der Waals surface area contributed by atoms with Gasteiger partial charge in [0.15, 0.2) is 0 Å². The molecule has 15 heavy (non-hydrogen) atoms. The molecule has 0 bridgehead atoms. The first-order valence-electron chi connectivity index (χ1n) is 7.15. The van der Waals surface area contributed by atoms with E-state index in [-0.39, 0.29) is 0 Å². The van der Waals surface area contributed by atoms with Gasteiger partial charge < -0.3 is 5.32 Å². The topological polar surface area (TPSA) is 12.0 Å². The molecule has 1 nitrogen and oxygen atoms in total. The molecule has 0 aliphatic heterocycles. The van der Waals surface area contributed by atoms with Gasteiger partial charge in [-0.05, 0) is 37.6 Å².